The van der Waals surface area contributed by atoms with E-state index in [-0.39, 0.29) is 21.7 Å². The van der Waals surface area contributed by atoms with E-state index in [1.54, 1.807) is 0 Å². The van der Waals surface area contributed by atoms with Crippen molar-refractivity contribution in [2.24, 2.45) is 7.05 Å². The molecule has 1 N–H and O–H groups in total. The highest BCUT2D eigenvalue weighted by molar-refractivity contribution is 7.71. The molecule has 1 aromatic heterocycles. The lowest BCUT2D eigenvalue weighted by Gasteiger charge is -2.11. The first-order valence-electron chi connectivity index (χ1n) is 5.20. The Hall–Kier alpha value is -1.96. The van der Waals surface area contributed by atoms with Crippen molar-refractivity contribution in [3.05, 3.63) is 27.3 Å². The molecule has 19 heavy (non-hydrogen) atoms. The highest BCUT2D eigenvalue weighted by Crippen LogP contribution is 2.31. The van der Waals surface area contributed by atoms with Crippen molar-refractivity contribution >= 4 is 23.1 Å². The number of H-pyrrole nitrogens is 1. The van der Waals surface area contributed by atoms with E-state index in [1.807, 2.05) is 0 Å². The van der Waals surface area contributed by atoms with Gasteiger partial charge in [0.05, 0.1) is 18.0 Å². The topological polar surface area (TPSA) is 56.2 Å². The van der Waals surface area contributed by atoms with Gasteiger partial charge in [-0.25, -0.2) is 0 Å². The number of hydrogen-bond acceptors (Lipinski definition) is 4. The number of hydrogen-bond donors (Lipinski definition) is 1. The number of ether oxygens (including phenoxy) is 2. The standard InChI is InChI=1S/C11H10F2N2O3S/c1-15-9(16)5-3-8(18-10(12)13)7(17-2)4-6(5)14-11(15)19/h3-4,10H,1-2H3,(H,14,19). The molecule has 0 saturated heterocycles. The van der Waals surface area contributed by atoms with Crippen LogP contribution in [-0.2, 0) is 7.05 Å². The van der Waals surface area contributed by atoms with Crippen LogP contribution in [-0.4, -0.2) is 23.3 Å². The molecule has 0 amide bonds. The second-order valence-electron chi connectivity index (χ2n) is 3.72. The monoisotopic (exact) mass is 288 g/mol. The Bertz CT molecular complexity index is 739. The normalized spacial score (nSPS) is 11.0. The van der Waals surface area contributed by atoms with Gasteiger partial charge in [-0.3, -0.25) is 9.36 Å². The minimum Gasteiger partial charge on any atom is -0.493 e. The molecule has 0 unspecified atom stereocenters. The van der Waals surface area contributed by atoms with Crippen LogP contribution in [0.1, 0.15) is 0 Å². The molecule has 0 atom stereocenters. The molecule has 0 bridgehead atoms. The van der Waals surface area contributed by atoms with Crippen molar-refractivity contribution in [1.29, 1.82) is 0 Å². The van der Waals surface area contributed by atoms with Gasteiger partial charge in [0.2, 0.25) is 0 Å². The summed E-state index contributed by atoms with van der Waals surface area (Å²) in [6, 6.07) is 2.60. The van der Waals surface area contributed by atoms with E-state index in [0.29, 0.717) is 5.52 Å². The summed E-state index contributed by atoms with van der Waals surface area (Å²) in [4.78, 5) is 14.8. The molecular formula is C11H10F2N2O3S. The number of halogens is 2. The first kappa shape index (κ1) is 13.5. The summed E-state index contributed by atoms with van der Waals surface area (Å²) in [7, 11) is 2.80. The lowest BCUT2D eigenvalue weighted by molar-refractivity contribution is -0.0511. The van der Waals surface area contributed by atoms with Crippen LogP contribution in [0, 0.1) is 4.77 Å². The Balaban J connectivity index is 2.79. The summed E-state index contributed by atoms with van der Waals surface area (Å²) < 4.78 is 35.3. The fraction of sp³-hybridized carbons (Fsp3) is 0.273. The molecule has 8 heteroatoms. The zero-order chi connectivity index (χ0) is 14.2. The van der Waals surface area contributed by atoms with Gasteiger partial charge in [-0.05, 0) is 18.3 Å². The minimum absolute atomic E-state index is 0.0895. The Morgan fingerprint density at radius 2 is 2.05 bits per heavy atom. The predicted octanol–water partition coefficient (Wildman–Crippen LogP) is 2.21. The number of methoxy groups -OCH3 is 1. The maximum absolute atomic E-state index is 12.3. The Kier molecular flexibility index (Phi) is 3.52. The van der Waals surface area contributed by atoms with Crippen molar-refractivity contribution < 1.29 is 18.3 Å². The molecule has 0 saturated carbocycles. The number of fused-ring (bicyclic) bond motifs is 1. The lowest BCUT2D eigenvalue weighted by atomic mass is 10.2. The SMILES string of the molecule is COc1cc2[nH]c(=S)n(C)c(=O)c2cc1OC(F)F. The van der Waals surface area contributed by atoms with Crippen LogP contribution in [0.25, 0.3) is 10.9 Å². The maximum atomic E-state index is 12.3. The van der Waals surface area contributed by atoms with Crippen LogP contribution in [0.15, 0.2) is 16.9 Å². The molecule has 1 heterocycles. The van der Waals surface area contributed by atoms with Gasteiger partial charge >= 0.3 is 6.61 Å². The maximum Gasteiger partial charge on any atom is 0.387 e. The average molecular weight is 288 g/mol. The van der Waals surface area contributed by atoms with Crippen LogP contribution in [0.3, 0.4) is 0 Å². The van der Waals surface area contributed by atoms with E-state index in [2.05, 4.69) is 9.72 Å². The van der Waals surface area contributed by atoms with Crippen LogP contribution in [0.4, 0.5) is 8.78 Å². The van der Waals surface area contributed by atoms with E-state index < -0.39 is 12.2 Å². The number of aromatic amines is 1. The van der Waals surface area contributed by atoms with E-state index in [4.69, 9.17) is 17.0 Å². The van der Waals surface area contributed by atoms with Crippen LogP contribution in [0.5, 0.6) is 11.5 Å². The van der Waals surface area contributed by atoms with Gasteiger partial charge in [0.15, 0.2) is 16.3 Å². The fourth-order valence-electron chi connectivity index (χ4n) is 1.66. The molecule has 0 radical (unpaired) electrons. The third kappa shape index (κ3) is 2.43. The summed E-state index contributed by atoms with van der Waals surface area (Å²) in [5, 5.41) is 0.188. The zero-order valence-corrected chi connectivity index (χ0v) is 10.9. The average Bonchev–Trinajstić information content (AvgIpc) is 2.36. The predicted molar refractivity (Wildman–Crippen MR) is 67.6 cm³/mol. The molecule has 102 valence electrons. The van der Waals surface area contributed by atoms with Gasteiger partial charge in [-0.1, -0.05) is 0 Å². The summed E-state index contributed by atoms with van der Waals surface area (Å²) >= 11 is 4.97. The van der Waals surface area contributed by atoms with Gasteiger partial charge in [0, 0.05) is 13.1 Å². The third-order valence-electron chi connectivity index (χ3n) is 2.60. The molecule has 5 nitrogen and oxygen atoms in total. The summed E-state index contributed by atoms with van der Waals surface area (Å²) in [6.45, 7) is -3.00. The van der Waals surface area contributed by atoms with E-state index in [9.17, 15) is 13.6 Å². The number of nitrogens with one attached hydrogen (secondary N) is 1. The molecule has 2 rings (SSSR count). The molecule has 0 spiro atoms. The van der Waals surface area contributed by atoms with Crippen LogP contribution >= 0.6 is 12.2 Å². The number of benzene rings is 1. The number of alkyl halides is 2. The minimum atomic E-state index is -3.00. The third-order valence-corrected chi connectivity index (χ3v) is 2.98. The highest BCUT2D eigenvalue weighted by Gasteiger charge is 2.14. The highest BCUT2D eigenvalue weighted by atomic mass is 32.1. The van der Waals surface area contributed by atoms with E-state index >= 15 is 0 Å². The van der Waals surface area contributed by atoms with Crippen LogP contribution < -0.4 is 15.0 Å². The van der Waals surface area contributed by atoms with Gasteiger partial charge in [-0.15, -0.1) is 0 Å². The smallest absolute Gasteiger partial charge is 0.387 e. The second-order valence-corrected chi connectivity index (χ2v) is 4.11. The molecule has 0 fully saturated rings. The Morgan fingerprint density at radius 3 is 2.63 bits per heavy atom. The van der Waals surface area contributed by atoms with Crippen molar-refractivity contribution in [1.82, 2.24) is 9.55 Å². The Labute approximate surface area is 111 Å². The van der Waals surface area contributed by atoms with Crippen molar-refractivity contribution in [2.75, 3.05) is 7.11 Å². The molecular weight excluding hydrogens is 278 g/mol. The van der Waals surface area contributed by atoms with Crippen molar-refractivity contribution in [3.8, 4) is 11.5 Å². The van der Waals surface area contributed by atoms with Gasteiger partial charge in [0.25, 0.3) is 5.56 Å². The quantitative estimate of drug-likeness (QED) is 0.880. The van der Waals surface area contributed by atoms with E-state index in [0.717, 1.165) is 0 Å². The number of nitrogens with zero attached hydrogens (tertiary/aromatic N) is 1. The summed E-state index contributed by atoms with van der Waals surface area (Å²) in [5.74, 6) is -0.112. The fourth-order valence-corrected chi connectivity index (χ4v) is 1.85. The molecule has 2 aromatic rings. The Morgan fingerprint density at radius 1 is 1.37 bits per heavy atom. The lowest BCUT2D eigenvalue weighted by Crippen LogP contribution is -2.19. The van der Waals surface area contributed by atoms with Gasteiger partial charge in [-0.2, -0.15) is 8.78 Å². The molecule has 0 aliphatic rings. The van der Waals surface area contributed by atoms with Crippen molar-refractivity contribution in [2.45, 2.75) is 6.61 Å². The molecule has 0 aliphatic heterocycles. The number of rotatable bonds is 3. The first-order chi connectivity index (χ1) is 8.93. The van der Waals surface area contributed by atoms with E-state index in [1.165, 1.54) is 30.9 Å². The zero-order valence-electron chi connectivity index (χ0n) is 10.1. The summed E-state index contributed by atoms with van der Waals surface area (Å²) in [5.41, 5.74) is -0.00733. The second kappa shape index (κ2) is 4.96. The van der Waals surface area contributed by atoms with Crippen molar-refractivity contribution in [3.63, 3.8) is 0 Å². The van der Waals surface area contributed by atoms with Gasteiger partial charge < -0.3 is 14.5 Å². The molecule has 1 aromatic carbocycles. The molecule has 0 aliphatic carbocycles. The van der Waals surface area contributed by atoms with Gasteiger partial charge in [0.1, 0.15) is 0 Å². The largest absolute Gasteiger partial charge is 0.493 e. The van der Waals surface area contributed by atoms with Crippen LogP contribution in [0.2, 0.25) is 0 Å². The first-order valence-corrected chi connectivity index (χ1v) is 5.60. The summed E-state index contributed by atoms with van der Waals surface area (Å²) in [6.07, 6.45) is 0. The number of aromatic nitrogens is 2.